The zero-order chi connectivity index (χ0) is 32.1. The second kappa shape index (κ2) is 12.1. The van der Waals surface area contributed by atoms with Gasteiger partial charge < -0.3 is 9.84 Å². The van der Waals surface area contributed by atoms with Gasteiger partial charge in [0, 0.05) is 19.7 Å². The van der Waals surface area contributed by atoms with Crippen LogP contribution >= 0.6 is 34.2 Å². The molecule has 1 amide bonds. The van der Waals surface area contributed by atoms with Gasteiger partial charge in [0.15, 0.2) is 0 Å². The standard InChI is InChI=1S/C34H28ClF3INO4/c1-17-9-23(14-25(11-17)34(36,37)38)31-20(4)40(33(43)44-31)16-24-10-18(2)12-29(39)30(24)27-15-21(6-8-28(27)35)26-7-5-22(32(41)42)13-19(26)3/h5-15,20,31H,16H2,1-4H3,(H,41,42)/t20-,31-/m0/s1. The van der Waals surface area contributed by atoms with Gasteiger partial charge in [0.05, 0.1) is 23.7 Å². The molecule has 1 aliphatic rings. The summed E-state index contributed by atoms with van der Waals surface area (Å²) in [6.45, 7) is 7.29. The minimum Gasteiger partial charge on any atom is -0.478 e. The molecule has 4 aromatic carbocycles. The number of nitrogens with zero attached hydrogens (tertiary/aromatic N) is 1. The average Bonchev–Trinajstić information content (AvgIpc) is 3.21. The van der Waals surface area contributed by atoms with Crippen LogP contribution in [0.5, 0.6) is 0 Å². The lowest BCUT2D eigenvalue weighted by Crippen LogP contribution is -2.31. The molecule has 5 rings (SSSR count). The maximum atomic E-state index is 13.5. The fourth-order valence-corrected chi connectivity index (χ4v) is 7.07. The number of carboxylic acids is 1. The van der Waals surface area contributed by atoms with Crippen molar-refractivity contribution < 1.29 is 32.6 Å². The predicted octanol–water partition coefficient (Wildman–Crippen LogP) is 10.0. The van der Waals surface area contributed by atoms with Gasteiger partial charge in [-0.3, -0.25) is 4.90 Å². The molecule has 0 aliphatic carbocycles. The third-order valence-electron chi connectivity index (χ3n) is 7.82. The van der Waals surface area contributed by atoms with Crippen molar-refractivity contribution >= 4 is 46.3 Å². The summed E-state index contributed by atoms with van der Waals surface area (Å²) in [6.07, 6.45) is -6.02. The summed E-state index contributed by atoms with van der Waals surface area (Å²) in [4.78, 5) is 26.2. The highest BCUT2D eigenvalue weighted by atomic mass is 127. The number of alkyl halides is 3. The van der Waals surface area contributed by atoms with Crippen molar-refractivity contribution in [1.29, 1.82) is 0 Å². The zero-order valence-corrected chi connectivity index (χ0v) is 27.1. The highest BCUT2D eigenvalue weighted by molar-refractivity contribution is 14.1. The number of amides is 1. The molecule has 1 N–H and O–H groups in total. The Labute approximate surface area is 271 Å². The number of aromatic carboxylic acids is 1. The van der Waals surface area contributed by atoms with Gasteiger partial charge in [-0.2, -0.15) is 13.2 Å². The summed E-state index contributed by atoms with van der Waals surface area (Å²) in [5, 5.41) is 9.87. The van der Waals surface area contributed by atoms with Gasteiger partial charge in [0.25, 0.3) is 0 Å². The number of benzene rings is 4. The number of carboxylic acid groups (broad SMARTS) is 1. The molecule has 1 saturated heterocycles. The van der Waals surface area contributed by atoms with E-state index in [2.05, 4.69) is 22.6 Å². The molecule has 1 aliphatic heterocycles. The molecular weight excluding hydrogens is 706 g/mol. The minimum absolute atomic E-state index is 0.147. The topological polar surface area (TPSA) is 66.8 Å². The van der Waals surface area contributed by atoms with E-state index in [1.807, 2.05) is 38.1 Å². The first-order chi connectivity index (χ1) is 20.6. The van der Waals surface area contributed by atoms with Crippen LogP contribution in [0.25, 0.3) is 22.3 Å². The number of carbonyl (C=O) groups excluding carboxylic acids is 1. The summed E-state index contributed by atoms with van der Waals surface area (Å²) in [6, 6.07) is 17.7. The SMILES string of the molecule is Cc1cc([C@H]2OC(=O)N(Cc3cc(C)cc(I)c3-c3cc(-c4ccc(C(=O)O)cc4C)ccc3Cl)[C@H]2C)cc(C(F)(F)F)c1. The van der Waals surface area contributed by atoms with Crippen LogP contribution in [0, 0.1) is 24.3 Å². The van der Waals surface area contributed by atoms with E-state index in [4.69, 9.17) is 16.3 Å². The van der Waals surface area contributed by atoms with Gasteiger partial charge in [-0.1, -0.05) is 41.4 Å². The summed E-state index contributed by atoms with van der Waals surface area (Å²) < 4.78 is 47.2. The second-order valence-electron chi connectivity index (χ2n) is 11.1. The molecule has 10 heteroatoms. The molecular formula is C34H28ClF3INO4. The lowest BCUT2D eigenvalue weighted by Gasteiger charge is -2.24. The van der Waals surface area contributed by atoms with Crippen LogP contribution in [0.15, 0.2) is 66.7 Å². The van der Waals surface area contributed by atoms with E-state index in [0.29, 0.717) is 16.1 Å². The molecule has 1 fully saturated rings. The maximum absolute atomic E-state index is 13.5. The first-order valence-electron chi connectivity index (χ1n) is 13.7. The number of aryl methyl sites for hydroxylation is 3. The fourth-order valence-electron chi connectivity index (χ4n) is 5.73. The largest absolute Gasteiger partial charge is 0.478 e. The number of carbonyl (C=O) groups is 2. The number of ether oxygens (including phenoxy) is 1. The molecule has 1 heterocycles. The summed E-state index contributed by atoms with van der Waals surface area (Å²) in [5.74, 6) is -1.00. The van der Waals surface area contributed by atoms with E-state index in [1.54, 1.807) is 44.2 Å². The minimum atomic E-state index is -4.52. The maximum Gasteiger partial charge on any atom is 0.416 e. The monoisotopic (exact) mass is 733 g/mol. The number of halogens is 5. The number of rotatable bonds is 6. The Morgan fingerprint density at radius 3 is 2.34 bits per heavy atom. The third-order valence-corrected chi connectivity index (χ3v) is 9.00. The van der Waals surface area contributed by atoms with E-state index in [0.717, 1.165) is 54.6 Å². The van der Waals surface area contributed by atoms with Crippen LogP contribution in [0.2, 0.25) is 5.02 Å². The second-order valence-corrected chi connectivity index (χ2v) is 12.7. The Hall–Kier alpha value is -3.57. The van der Waals surface area contributed by atoms with Gasteiger partial charge in [-0.05, 0) is 126 Å². The molecule has 5 nitrogen and oxygen atoms in total. The Kier molecular flexibility index (Phi) is 8.74. The van der Waals surface area contributed by atoms with Crippen LogP contribution in [-0.2, 0) is 17.5 Å². The molecule has 0 aromatic heterocycles. The average molecular weight is 734 g/mol. The Balaban J connectivity index is 1.53. The molecule has 2 atom stereocenters. The molecule has 228 valence electrons. The van der Waals surface area contributed by atoms with Crippen LogP contribution in [0.1, 0.15) is 56.8 Å². The van der Waals surface area contributed by atoms with E-state index in [9.17, 15) is 27.9 Å². The van der Waals surface area contributed by atoms with Crippen molar-refractivity contribution in [1.82, 2.24) is 4.90 Å². The van der Waals surface area contributed by atoms with Gasteiger partial charge in [-0.15, -0.1) is 0 Å². The molecule has 44 heavy (non-hydrogen) atoms. The molecule has 0 saturated carbocycles. The van der Waals surface area contributed by atoms with Gasteiger partial charge in [0.2, 0.25) is 0 Å². The summed E-state index contributed by atoms with van der Waals surface area (Å²) in [5.41, 5.74) is 5.94. The van der Waals surface area contributed by atoms with Crippen LogP contribution in [0.3, 0.4) is 0 Å². The normalized spacial score (nSPS) is 16.8. The van der Waals surface area contributed by atoms with E-state index in [1.165, 1.54) is 4.90 Å². The van der Waals surface area contributed by atoms with Crippen LogP contribution in [0.4, 0.5) is 18.0 Å². The summed E-state index contributed by atoms with van der Waals surface area (Å²) in [7, 11) is 0. The molecule has 0 radical (unpaired) electrons. The molecule has 0 unspecified atom stereocenters. The number of hydrogen-bond donors (Lipinski definition) is 1. The number of cyclic esters (lactones) is 1. The molecule has 0 bridgehead atoms. The first-order valence-corrected chi connectivity index (χ1v) is 15.2. The van der Waals surface area contributed by atoms with E-state index < -0.39 is 35.9 Å². The van der Waals surface area contributed by atoms with Gasteiger partial charge >= 0.3 is 18.2 Å². The van der Waals surface area contributed by atoms with Crippen molar-refractivity contribution in [3.63, 3.8) is 0 Å². The van der Waals surface area contributed by atoms with Crippen molar-refractivity contribution in [2.45, 2.75) is 52.6 Å². The Morgan fingerprint density at radius 2 is 1.68 bits per heavy atom. The van der Waals surface area contributed by atoms with Crippen molar-refractivity contribution in [2.75, 3.05) is 0 Å². The summed E-state index contributed by atoms with van der Waals surface area (Å²) >= 11 is 9.01. The Bertz CT molecular complexity index is 1810. The fraction of sp³-hybridized carbons (Fsp3) is 0.235. The van der Waals surface area contributed by atoms with E-state index in [-0.39, 0.29) is 12.1 Å². The van der Waals surface area contributed by atoms with Gasteiger partial charge in [0.1, 0.15) is 6.10 Å². The lowest BCUT2D eigenvalue weighted by molar-refractivity contribution is -0.137. The van der Waals surface area contributed by atoms with E-state index >= 15 is 0 Å². The molecule has 0 spiro atoms. The molecule has 4 aromatic rings. The smallest absolute Gasteiger partial charge is 0.416 e. The van der Waals surface area contributed by atoms with Crippen molar-refractivity contribution in [3.05, 3.63) is 114 Å². The first kappa shape index (κ1) is 31.8. The van der Waals surface area contributed by atoms with Crippen molar-refractivity contribution in [3.8, 4) is 22.3 Å². The predicted molar refractivity (Wildman–Crippen MR) is 172 cm³/mol. The number of hydrogen-bond acceptors (Lipinski definition) is 3. The highest BCUT2D eigenvalue weighted by Gasteiger charge is 2.41. The zero-order valence-electron chi connectivity index (χ0n) is 24.2. The van der Waals surface area contributed by atoms with Crippen LogP contribution in [-0.4, -0.2) is 28.1 Å². The highest BCUT2D eigenvalue weighted by Crippen LogP contribution is 2.42. The quantitative estimate of drug-likeness (QED) is 0.201. The van der Waals surface area contributed by atoms with Crippen molar-refractivity contribution in [2.24, 2.45) is 0 Å². The van der Waals surface area contributed by atoms with Gasteiger partial charge in [-0.25, -0.2) is 9.59 Å². The Morgan fingerprint density at radius 1 is 0.977 bits per heavy atom. The lowest BCUT2D eigenvalue weighted by atomic mass is 9.92. The van der Waals surface area contributed by atoms with Crippen LogP contribution < -0.4 is 0 Å². The third kappa shape index (κ3) is 6.30.